The molecule has 0 unspecified atom stereocenters. The molecule has 2 aromatic rings. The predicted octanol–water partition coefficient (Wildman–Crippen LogP) is 7.02. The Bertz CT molecular complexity index is 1740. The summed E-state index contributed by atoms with van der Waals surface area (Å²) in [7, 11) is 2.05. The van der Waals surface area contributed by atoms with Crippen LogP contribution in [0.5, 0.6) is 0 Å². The molecule has 2 aliphatic heterocycles. The van der Waals surface area contributed by atoms with Gasteiger partial charge in [0.15, 0.2) is 5.82 Å². The van der Waals surface area contributed by atoms with E-state index in [9.17, 15) is 9.90 Å². The van der Waals surface area contributed by atoms with E-state index in [0.29, 0.717) is 37.6 Å². The first-order chi connectivity index (χ1) is 25.7. The summed E-state index contributed by atoms with van der Waals surface area (Å²) in [5, 5.41) is 19.8. The van der Waals surface area contributed by atoms with E-state index in [4.69, 9.17) is 24.3 Å². The van der Waals surface area contributed by atoms with E-state index >= 15 is 0 Å². The molecule has 2 saturated heterocycles. The summed E-state index contributed by atoms with van der Waals surface area (Å²) >= 11 is 0. The third-order valence-electron chi connectivity index (χ3n) is 17.3. The van der Waals surface area contributed by atoms with Gasteiger partial charge in [0.2, 0.25) is 0 Å². The van der Waals surface area contributed by atoms with E-state index in [-0.39, 0.29) is 50.7 Å². The van der Waals surface area contributed by atoms with Crippen molar-refractivity contribution in [3.8, 4) is 11.4 Å². The van der Waals surface area contributed by atoms with Crippen molar-refractivity contribution < 1.29 is 24.1 Å². The fourth-order valence-electron chi connectivity index (χ4n) is 13.7. The molecule has 2 bridgehead atoms. The number of aliphatic carboxylic acids is 1. The maximum atomic E-state index is 13.6. The smallest absolute Gasteiger partial charge is 0.307 e. The van der Waals surface area contributed by atoms with Crippen molar-refractivity contribution >= 4 is 5.97 Å². The number of nitrogens with one attached hydrogen (secondary N) is 1. The molecule has 2 aromatic heterocycles. The zero-order valence-corrected chi connectivity index (χ0v) is 33.9. The fourth-order valence-corrected chi connectivity index (χ4v) is 13.7. The van der Waals surface area contributed by atoms with Crippen LogP contribution in [-0.4, -0.2) is 87.5 Å². The third kappa shape index (κ3) is 5.37. The van der Waals surface area contributed by atoms with Crippen molar-refractivity contribution in [3.63, 3.8) is 0 Å². The summed E-state index contributed by atoms with van der Waals surface area (Å²) in [5.74, 6) is 1.06. The average molecular weight is 745 g/mol. The van der Waals surface area contributed by atoms with Gasteiger partial charge < -0.3 is 24.6 Å². The lowest BCUT2D eigenvalue weighted by Gasteiger charge is -2.71. The number of nitrogens with zero attached hydrogens (tertiary/aromatic N) is 5. The molecule has 0 spiro atoms. The number of carboxylic acid groups (broad SMARTS) is 1. The van der Waals surface area contributed by atoms with E-state index in [2.05, 4.69) is 74.5 Å². The van der Waals surface area contributed by atoms with Gasteiger partial charge in [0.05, 0.1) is 43.4 Å². The lowest BCUT2D eigenvalue weighted by Crippen LogP contribution is -2.69. The maximum Gasteiger partial charge on any atom is 0.307 e. The van der Waals surface area contributed by atoms with E-state index < -0.39 is 11.9 Å². The van der Waals surface area contributed by atoms with Gasteiger partial charge in [-0.05, 0) is 98.3 Å². The number of aromatic nitrogens is 5. The molecule has 11 atom stereocenters. The molecule has 4 aliphatic carbocycles. The molecule has 6 aliphatic rings. The Hall–Kier alpha value is -2.73. The Morgan fingerprint density at radius 2 is 1.74 bits per heavy atom. The van der Waals surface area contributed by atoms with Gasteiger partial charge in [0.25, 0.3) is 0 Å². The van der Waals surface area contributed by atoms with E-state index in [0.717, 1.165) is 76.0 Å². The second-order valence-corrected chi connectivity index (χ2v) is 19.6. The van der Waals surface area contributed by atoms with Crippen LogP contribution in [0.25, 0.3) is 11.4 Å². The van der Waals surface area contributed by atoms with Crippen LogP contribution in [0.4, 0.5) is 0 Å². The minimum atomic E-state index is -0.624. The van der Waals surface area contributed by atoms with E-state index in [1.54, 1.807) is 12.7 Å². The zero-order valence-electron chi connectivity index (χ0n) is 33.9. The first-order valence-corrected chi connectivity index (χ1v) is 20.7. The summed E-state index contributed by atoms with van der Waals surface area (Å²) in [6.45, 7) is 19.6. The molecule has 8 rings (SSSR count). The van der Waals surface area contributed by atoms with Crippen LogP contribution in [0.2, 0.25) is 0 Å². The quantitative estimate of drug-likeness (QED) is 0.258. The topological polar surface area (TPSA) is 134 Å². The summed E-state index contributed by atoms with van der Waals surface area (Å²) < 4.78 is 22.1. The Balaban J connectivity index is 1.23. The van der Waals surface area contributed by atoms with Crippen LogP contribution < -0.4 is 5.32 Å². The number of allylic oxidation sites excluding steroid dienone is 1. The Kier molecular flexibility index (Phi) is 9.50. The number of carbonyl (C=O) groups is 1. The average Bonchev–Trinajstić information content (AvgIpc) is 3.65. The van der Waals surface area contributed by atoms with Crippen LogP contribution in [0.3, 0.4) is 0 Å². The highest BCUT2D eigenvalue weighted by molar-refractivity contribution is 5.73. The molecule has 0 aromatic carbocycles. The molecular formula is C43H64N6O5. The minimum absolute atomic E-state index is 0.115. The summed E-state index contributed by atoms with van der Waals surface area (Å²) in [4.78, 5) is 27.1. The fraction of sp³-hybridized carbons (Fsp3) is 0.791. The van der Waals surface area contributed by atoms with Crippen LogP contribution in [-0.2, 0) is 19.0 Å². The zero-order chi connectivity index (χ0) is 38.3. The van der Waals surface area contributed by atoms with Gasteiger partial charge in [0.1, 0.15) is 12.7 Å². The SMILES string of the molecule is CNC1(CO[C@H]2[C@H](n3ncnc3-c3cncnc3)C[C@@]34COC[C@]2(C)[C@@H]3CC[C@H]2C4=CC[C@@]3(C)[C@H](C(=O)O)[C@@](C)([C@H](C)C(C)C)CC[C@]23C)CCOCC1. The monoisotopic (exact) mass is 744 g/mol. The number of ether oxygens (including phenoxy) is 3. The number of fused-ring (bicyclic) bond motifs is 3. The van der Waals surface area contributed by atoms with Gasteiger partial charge >= 0.3 is 5.97 Å². The van der Waals surface area contributed by atoms with Gasteiger partial charge in [-0.3, -0.25) is 4.79 Å². The van der Waals surface area contributed by atoms with Crippen molar-refractivity contribution in [2.45, 2.75) is 118 Å². The molecule has 0 amide bonds. The first-order valence-electron chi connectivity index (χ1n) is 20.7. The Morgan fingerprint density at radius 1 is 1.00 bits per heavy atom. The molecule has 3 saturated carbocycles. The molecule has 2 N–H and O–H groups in total. The predicted molar refractivity (Wildman–Crippen MR) is 205 cm³/mol. The highest BCUT2D eigenvalue weighted by atomic mass is 16.5. The van der Waals surface area contributed by atoms with Crippen LogP contribution in [0.1, 0.15) is 106 Å². The number of rotatable bonds is 9. The second-order valence-electron chi connectivity index (χ2n) is 19.6. The van der Waals surface area contributed by atoms with Crippen LogP contribution >= 0.6 is 0 Å². The molecule has 5 fully saturated rings. The highest BCUT2D eigenvalue weighted by Gasteiger charge is 2.72. The first kappa shape index (κ1) is 38.2. The summed E-state index contributed by atoms with van der Waals surface area (Å²) in [5.41, 5.74) is 0.849. The number of hydrogen-bond donors (Lipinski definition) is 2. The van der Waals surface area contributed by atoms with E-state index in [1.807, 2.05) is 19.4 Å². The molecular weight excluding hydrogens is 681 g/mol. The van der Waals surface area contributed by atoms with Crippen molar-refractivity contribution in [1.29, 1.82) is 0 Å². The van der Waals surface area contributed by atoms with Gasteiger partial charge in [-0.15, -0.1) is 0 Å². The minimum Gasteiger partial charge on any atom is -0.481 e. The normalized spacial score (nSPS) is 41.9. The van der Waals surface area contributed by atoms with Crippen LogP contribution in [0.15, 0.2) is 36.7 Å². The van der Waals surface area contributed by atoms with Crippen molar-refractivity contribution in [1.82, 2.24) is 30.0 Å². The molecule has 11 nitrogen and oxygen atoms in total. The lowest BCUT2D eigenvalue weighted by atomic mass is 9.34. The molecule has 54 heavy (non-hydrogen) atoms. The van der Waals surface area contributed by atoms with Crippen molar-refractivity contribution in [2.24, 2.45) is 56.7 Å². The maximum absolute atomic E-state index is 13.6. The van der Waals surface area contributed by atoms with Crippen molar-refractivity contribution in [3.05, 3.63) is 36.7 Å². The lowest BCUT2D eigenvalue weighted by molar-refractivity contribution is -0.253. The number of carboxylic acids is 1. The number of likely N-dealkylation sites (N-methyl/N-ethyl adjacent to an activating group) is 1. The second kappa shape index (κ2) is 13.4. The van der Waals surface area contributed by atoms with Gasteiger partial charge in [0, 0.05) is 42.0 Å². The van der Waals surface area contributed by atoms with Gasteiger partial charge in [-0.25, -0.2) is 19.6 Å². The Morgan fingerprint density at radius 3 is 2.43 bits per heavy atom. The molecule has 296 valence electrons. The standard InChI is InChI=1S/C43H64N6O5/c1-27(2)28(3)38(4)13-14-40(6)30-9-10-33-39(5)22-53-24-43(33,31(30)11-12-41(40,7)34(38)37(50)51)19-32(35(39)54-23-42(44-8)15-17-52-18-16-42)49-36(47-26-48-49)29-20-45-25-46-21-29/h11,20-21,25-28,30,32-35,44H,9-10,12-19,22-24H2,1-8H3,(H,50,51)/t28-,30+,32-,33+,34-,35+,38-,39-,40-,41+,43+/m1/s1. The molecule has 4 heterocycles. The van der Waals surface area contributed by atoms with Gasteiger partial charge in [-0.2, -0.15) is 5.10 Å². The highest BCUT2D eigenvalue weighted by Crippen LogP contribution is 2.75. The number of hydrogen-bond acceptors (Lipinski definition) is 9. The van der Waals surface area contributed by atoms with Gasteiger partial charge in [-0.1, -0.05) is 60.1 Å². The summed E-state index contributed by atoms with van der Waals surface area (Å²) in [6, 6.07) is -0.115. The van der Waals surface area contributed by atoms with E-state index in [1.165, 1.54) is 5.57 Å². The van der Waals surface area contributed by atoms with Crippen LogP contribution in [0, 0.1) is 56.7 Å². The third-order valence-corrected chi connectivity index (χ3v) is 17.3. The largest absolute Gasteiger partial charge is 0.481 e. The Labute approximate surface area is 321 Å². The summed E-state index contributed by atoms with van der Waals surface area (Å²) in [6.07, 6.45) is 16.7. The molecule has 11 heteroatoms. The molecule has 0 radical (unpaired) electrons. The van der Waals surface area contributed by atoms with Crippen molar-refractivity contribution in [2.75, 3.05) is 40.1 Å².